The summed E-state index contributed by atoms with van der Waals surface area (Å²) in [5.74, 6) is -1.05. The third kappa shape index (κ3) is 6.11. The number of amides is 2. The van der Waals surface area contributed by atoms with E-state index in [1.54, 1.807) is 38.4 Å². The molecule has 0 aliphatic rings. The number of alkyl halides is 3. The Balaban J connectivity index is 1.85. The van der Waals surface area contributed by atoms with Crippen molar-refractivity contribution in [1.29, 1.82) is 0 Å². The molecule has 3 aromatic rings. The molecule has 3 rings (SSSR count). The van der Waals surface area contributed by atoms with Crippen molar-refractivity contribution < 1.29 is 27.5 Å². The van der Waals surface area contributed by atoms with Crippen molar-refractivity contribution in [2.45, 2.75) is 26.1 Å². The molecular weight excluding hydrogens is 441 g/mol. The van der Waals surface area contributed by atoms with E-state index < -0.39 is 30.8 Å². The number of aromatic amines is 1. The molecule has 4 N–H and O–H groups in total. The summed E-state index contributed by atoms with van der Waals surface area (Å²) in [7, 11) is 1.25. The zero-order valence-corrected chi connectivity index (χ0v) is 18.1. The topological polar surface area (TPSA) is 121 Å². The number of hydrogen-bond acceptors (Lipinski definition) is 6. The highest BCUT2D eigenvalue weighted by molar-refractivity contribution is 5.97. The Bertz CT molecular complexity index is 1150. The minimum Gasteiger partial charge on any atom is -0.453 e. The molecule has 33 heavy (non-hydrogen) atoms. The second-order valence-electron chi connectivity index (χ2n) is 7.60. The van der Waals surface area contributed by atoms with Gasteiger partial charge in [-0.1, -0.05) is 13.8 Å². The van der Waals surface area contributed by atoms with Gasteiger partial charge in [-0.05, 0) is 18.1 Å². The summed E-state index contributed by atoms with van der Waals surface area (Å²) in [4.78, 5) is 35.3. The molecule has 9 nitrogen and oxygen atoms in total. The number of nitrogens with zero attached hydrogens (tertiary/aromatic N) is 2. The third-order valence-electron chi connectivity index (χ3n) is 4.75. The van der Waals surface area contributed by atoms with Crippen LogP contribution in [0.4, 0.5) is 29.3 Å². The van der Waals surface area contributed by atoms with Crippen molar-refractivity contribution in [3.63, 3.8) is 0 Å². The van der Waals surface area contributed by atoms with Gasteiger partial charge in [-0.15, -0.1) is 0 Å². The lowest BCUT2D eigenvalue weighted by molar-refractivity contribution is -0.139. The Kier molecular flexibility index (Phi) is 7.04. The number of nitrogens with one attached hydrogen (secondary N) is 4. The molecule has 1 unspecified atom stereocenters. The fourth-order valence-corrected chi connectivity index (χ4v) is 3.16. The molecule has 0 aliphatic heterocycles. The Labute approximate surface area is 187 Å². The Morgan fingerprint density at radius 1 is 1.15 bits per heavy atom. The van der Waals surface area contributed by atoms with Gasteiger partial charge in [-0.3, -0.25) is 15.1 Å². The Hall–Kier alpha value is -3.83. The first-order valence-corrected chi connectivity index (χ1v) is 9.96. The van der Waals surface area contributed by atoms with Crippen molar-refractivity contribution in [3.8, 4) is 11.1 Å². The van der Waals surface area contributed by atoms with Crippen LogP contribution in [0.2, 0.25) is 0 Å². The minimum atomic E-state index is -4.50. The number of methoxy groups -OCH3 is 1. The van der Waals surface area contributed by atoms with Gasteiger partial charge in [-0.2, -0.15) is 13.2 Å². The summed E-state index contributed by atoms with van der Waals surface area (Å²) >= 11 is 0. The highest BCUT2D eigenvalue weighted by atomic mass is 19.4. The molecule has 0 fully saturated rings. The fraction of sp³-hybridized carbons (Fsp3) is 0.333. The number of carbonyl (C=O) groups is 2. The van der Waals surface area contributed by atoms with Gasteiger partial charge < -0.3 is 20.4 Å². The highest BCUT2D eigenvalue weighted by Gasteiger charge is 2.30. The molecule has 0 radical (unpaired) electrons. The smallest absolute Gasteiger partial charge is 0.411 e. The molecule has 0 spiro atoms. The second-order valence-corrected chi connectivity index (χ2v) is 7.60. The van der Waals surface area contributed by atoms with Crippen LogP contribution in [0.5, 0.6) is 0 Å². The number of aromatic nitrogens is 3. The number of anilines is 2. The van der Waals surface area contributed by atoms with Crippen molar-refractivity contribution in [1.82, 2.24) is 20.3 Å². The first kappa shape index (κ1) is 23.8. The highest BCUT2D eigenvalue weighted by Crippen LogP contribution is 2.30. The van der Waals surface area contributed by atoms with Crippen LogP contribution < -0.4 is 16.0 Å². The van der Waals surface area contributed by atoms with Gasteiger partial charge in [0.15, 0.2) is 0 Å². The van der Waals surface area contributed by atoms with Crippen molar-refractivity contribution in [3.05, 3.63) is 36.9 Å². The van der Waals surface area contributed by atoms with Crippen molar-refractivity contribution in [2.75, 3.05) is 24.3 Å². The van der Waals surface area contributed by atoms with Gasteiger partial charge in [0.25, 0.3) is 0 Å². The van der Waals surface area contributed by atoms with E-state index in [0.29, 0.717) is 28.0 Å². The maximum Gasteiger partial charge on any atom is 0.411 e. The average molecular weight is 464 g/mol. The molecule has 0 saturated heterocycles. The number of halogens is 3. The van der Waals surface area contributed by atoms with E-state index in [4.69, 9.17) is 0 Å². The maximum absolute atomic E-state index is 12.5. The summed E-state index contributed by atoms with van der Waals surface area (Å²) in [6.07, 6.45) is 1.14. The zero-order valence-electron chi connectivity index (χ0n) is 18.1. The average Bonchev–Trinajstić information content (AvgIpc) is 3.18. The number of rotatable bonds is 7. The summed E-state index contributed by atoms with van der Waals surface area (Å²) < 4.78 is 42.0. The lowest BCUT2D eigenvalue weighted by Gasteiger charge is -2.23. The van der Waals surface area contributed by atoms with Gasteiger partial charge in [0.05, 0.1) is 24.7 Å². The van der Waals surface area contributed by atoms with E-state index in [1.807, 2.05) is 5.32 Å². The molecule has 12 heteroatoms. The quantitative estimate of drug-likeness (QED) is 0.421. The number of H-pyrrole nitrogens is 1. The van der Waals surface area contributed by atoms with Gasteiger partial charge >= 0.3 is 12.3 Å². The first-order chi connectivity index (χ1) is 15.6. The molecule has 2 amide bonds. The lowest BCUT2D eigenvalue weighted by atomic mass is 10.0. The van der Waals surface area contributed by atoms with Crippen LogP contribution in [0, 0.1) is 5.92 Å². The molecular formula is C21H23F3N6O3. The van der Waals surface area contributed by atoms with Crippen LogP contribution in [0.15, 0.2) is 36.9 Å². The SMILES string of the molecule is COC(=O)Nc1cnc2[nH]cc(-c3cncc(NC(C(=O)NCC(F)(F)F)C(C)C)c3)c2c1. The fourth-order valence-electron chi connectivity index (χ4n) is 3.16. The summed E-state index contributed by atoms with van der Waals surface area (Å²) in [5.41, 5.74) is 2.86. The van der Waals surface area contributed by atoms with Crippen LogP contribution >= 0.6 is 0 Å². The molecule has 3 heterocycles. The van der Waals surface area contributed by atoms with Gasteiger partial charge in [0.1, 0.15) is 18.2 Å². The van der Waals surface area contributed by atoms with Crippen molar-refractivity contribution in [2.24, 2.45) is 5.92 Å². The molecule has 0 bridgehead atoms. The van der Waals surface area contributed by atoms with Crippen LogP contribution in [0.3, 0.4) is 0 Å². The molecule has 176 valence electrons. The van der Waals surface area contributed by atoms with Crippen LogP contribution in [-0.2, 0) is 9.53 Å². The number of carbonyl (C=O) groups excluding carboxylic acids is 2. The number of fused-ring (bicyclic) bond motifs is 1. The minimum absolute atomic E-state index is 0.286. The van der Waals surface area contributed by atoms with Crippen LogP contribution in [0.25, 0.3) is 22.2 Å². The predicted octanol–water partition coefficient (Wildman–Crippen LogP) is 3.92. The Morgan fingerprint density at radius 2 is 1.91 bits per heavy atom. The van der Waals surface area contributed by atoms with E-state index in [0.717, 1.165) is 5.56 Å². The molecule has 0 aromatic carbocycles. The monoisotopic (exact) mass is 464 g/mol. The maximum atomic E-state index is 12.5. The summed E-state index contributed by atoms with van der Waals surface area (Å²) in [5, 5.41) is 8.13. The predicted molar refractivity (Wildman–Crippen MR) is 117 cm³/mol. The standard InChI is InChI=1S/C21H23F3N6O3/c1-11(2)17(19(31)28-10-21(22,23)24)29-13-4-12(6-25-7-13)16-9-27-18-15(16)5-14(8-26-18)30-20(32)33-3/h4-9,11,17,29H,10H2,1-3H3,(H,26,27)(H,28,31)(H,30,32). The number of hydrogen-bond donors (Lipinski definition) is 4. The van der Waals surface area contributed by atoms with E-state index in [2.05, 4.69) is 30.3 Å². The Morgan fingerprint density at radius 3 is 2.58 bits per heavy atom. The second kappa shape index (κ2) is 9.76. The first-order valence-electron chi connectivity index (χ1n) is 9.96. The van der Waals surface area contributed by atoms with Crippen LogP contribution in [-0.4, -0.2) is 52.8 Å². The summed E-state index contributed by atoms with van der Waals surface area (Å²) in [6.45, 7) is 2.05. The van der Waals surface area contributed by atoms with E-state index in [9.17, 15) is 22.8 Å². The van der Waals surface area contributed by atoms with E-state index in [-0.39, 0.29) is 5.92 Å². The largest absolute Gasteiger partial charge is 0.453 e. The zero-order chi connectivity index (χ0) is 24.2. The third-order valence-corrected chi connectivity index (χ3v) is 4.75. The molecule has 3 aromatic heterocycles. The van der Waals surface area contributed by atoms with Gasteiger partial charge in [0, 0.05) is 35.1 Å². The summed E-state index contributed by atoms with van der Waals surface area (Å²) in [6, 6.07) is 2.54. The van der Waals surface area contributed by atoms with Gasteiger partial charge in [-0.25, -0.2) is 9.78 Å². The number of pyridine rings is 2. The normalized spacial score (nSPS) is 12.5. The number of ether oxygens (including phenoxy) is 1. The van der Waals surface area contributed by atoms with Crippen molar-refractivity contribution >= 4 is 34.4 Å². The van der Waals surface area contributed by atoms with Crippen LogP contribution in [0.1, 0.15) is 13.8 Å². The molecule has 0 saturated carbocycles. The van der Waals surface area contributed by atoms with E-state index in [1.165, 1.54) is 19.5 Å². The van der Waals surface area contributed by atoms with E-state index >= 15 is 0 Å². The molecule has 1 atom stereocenters. The van der Waals surface area contributed by atoms with Gasteiger partial charge in [0.2, 0.25) is 5.91 Å². The molecule has 0 aliphatic carbocycles. The lowest BCUT2D eigenvalue weighted by Crippen LogP contribution is -2.46.